The SMILES string of the molecule is CN(CCCc1nc2c(N)cccc2[nH]1)C(=O)OC(C)(C)C. The first-order chi connectivity index (χ1) is 10.3. The highest BCUT2D eigenvalue weighted by atomic mass is 16.6. The topological polar surface area (TPSA) is 84.2 Å². The van der Waals surface area contributed by atoms with Gasteiger partial charge in [-0.15, -0.1) is 0 Å². The van der Waals surface area contributed by atoms with Crippen LogP contribution in [0.25, 0.3) is 11.0 Å². The van der Waals surface area contributed by atoms with Crippen LogP contribution in [0.3, 0.4) is 0 Å². The van der Waals surface area contributed by atoms with Gasteiger partial charge in [0.05, 0.1) is 11.2 Å². The van der Waals surface area contributed by atoms with Gasteiger partial charge in [-0.2, -0.15) is 0 Å². The molecule has 0 saturated heterocycles. The summed E-state index contributed by atoms with van der Waals surface area (Å²) < 4.78 is 5.31. The van der Waals surface area contributed by atoms with Gasteiger partial charge in [0, 0.05) is 20.0 Å². The van der Waals surface area contributed by atoms with Gasteiger partial charge >= 0.3 is 6.09 Å². The number of para-hydroxylation sites is 1. The number of imidazole rings is 1. The summed E-state index contributed by atoms with van der Waals surface area (Å²) in [4.78, 5) is 21.2. The Bertz CT molecular complexity index is 658. The number of aromatic nitrogens is 2. The summed E-state index contributed by atoms with van der Waals surface area (Å²) >= 11 is 0. The van der Waals surface area contributed by atoms with Crippen LogP contribution in [0.2, 0.25) is 0 Å². The third-order valence-electron chi connectivity index (χ3n) is 3.21. The number of aromatic amines is 1. The summed E-state index contributed by atoms with van der Waals surface area (Å²) in [5.41, 5.74) is 7.84. The monoisotopic (exact) mass is 304 g/mol. The minimum atomic E-state index is -0.471. The molecule has 0 bridgehead atoms. The number of aryl methyl sites for hydroxylation is 1. The molecule has 0 fully saturated rings. The zero-order chi connectivity index (χ0) is 16.3. The lowest BCUT2D eigenvalue weighted by Crippen LogP contribution is -2.34. The van der Waals surface area contributed by atoms with Crippen LogP contribution in [0.1, 0.15) is 33.0 Å². The molecule has 0 saturated carbocycles. The number of anilines is 1. The number of hydrogen-bond acceptors (Lipinski definition) is 4. The molecule has 6 nitrogen and oxygen atoms in total. The average Bonchev–Trinajstić information content (AvgIpc) is 2.81. The van der Waals surface area contributed by atoms with Gasteiger partial charge in [0.25, 0.3) is 0 Å². The minimum Gasteiger partial charge on any atom is -0.444 e. The van der Waals surface area contributed by atoms with E-state index in [9.17, 15) is 4.79 Å². The molecule has 0 aliphatic carbocycles. The quantitative estimate of drug-likeness (QED) is 0.851. The number of amides is 1. The van der Waals surface area contributed by atoms with Crippen molar-refractivity contribution in [2.24, 2.45) is 0 Å². The normalized spacial score (nSPS) is 11.6. The van der Waals surface area contributed by atoms with E-state index in [0.29, 0.717) is 12.2 Å². The summed E-state index contributed by atoms with van der Waals surface area (Å²) in [5.74, 6) is 0.880. The second kappa shape index (κ2) is 6.25. The molecular formula is C16H24N4O2. The molecule has 0 atom stereocenters. The minimum absolute atomic E-state index is 0.304. The van der Waals surface area contributed by atoms with Gasteiger partial charge in [0.15, 0.2) is 0 Å². The van der Waals surface area contributed by atoms with Crippen LogP contribution in [-0.4, -0.2) is 40.2 Å². The molecule has 0 unspecified atom stereocenters. The van der Waals surface area contributed by atoms with E-state index in [1.807, 2.05) is 39.0 Å². The summed E-state index contributed by atoms with van der Waals surface area (Å²) in [6, 6.07) is 5.69. The highest BCUT2D eigenvalue weighted by Crippen LogP contribution is 2.18. The predicted molar refractivity (Wildman–Crippen MR) is 87.7 cm³/mol. The zero-order valence-corrected chi connectivity index (χ0v) is 13.6. The molecule has 0 spiro atoms. The first-order valence-corrected chi connectivity index (χ1v) is 7.43. The number of carbonyl (C=O) groups is 1. The first kappa shape index (κ1) is 16.1. The number of nitrogens with zero attached hydrogens (tertiary/aromatic N) is 2. The Morgan fingerprint density at radius 2 is 2.14 bits per heavy atom. The van der Waals surface area contributed by atoms with Crippen LogP contribution in [-0.2, 0) is 11.2 Å². The summed E-state index contributed by atoms with van der Waals surface area (Å²) in [5, 5.41) is 0. The van der Waals surface area contributed by atoms with Crippen molar-refractivity contribution in [3.8, 4) is 0 Å². The second-order valence-electron chi connectivity index (χ2n) is 6.43. The van der Waals surface area contributed by atoms with Crippen molar-refractivity contribution in [1.82, 2.24) is 14.9 Å². The number of carbonyl (C=O) groups excluding carboxylic acids is 1. The van der Waals surface area contributed by atoms with E-state index in [1.165, 1.54) is 0 Å². The number of hydrogen-bond donors (Lipinski definition) is 2. The molecule has 1 heterocycles. The van der Waals surface area contributed by atoms with Crippen LogP contribution in [0.5, 0.6) is 0 Å². The number of nitrogens with one attached hydrogen (secondary N) is 1. The number of H-pyrrole nitrogens is 1. The van der Waals surface area contributed by atoms with Crippen molar-refractivity contribution in [2.75, 3.05) is 19.3 Å². The maximum Gasteiger partial charge on any atom is 0.410 e. The fourth-order valence-electron chi connectivity index (χ4n) is 2.14. The molecule has 1 amide bonds. The van der Waals surface area contributed by atoms with Gasteiger partial charge in [0.2, 0.25) is 0 Å². The molecular weight excluding hydrogens is 280 g/mol. The molecule has 1 aromatic heterocycles. The average molecular weight is 304 g/mol. The Balaban J connectivity index is 1.87. The Morgan fingerprint density at radius 1 is 1.41 bits per heavy atom. The van der Waals surface area contributed by atoms with E-state index in [1.54, 1.807) is 11.9 Å². The third kappa shape index (κ3) is 4.13. The van der Waals surface area contributed by atoms with Gasteiger partial charge in [-0.3, -0.25) is 0 Å². The summed E-state index contributed by atoms with van der Waals surface area (Å²) in [6.07, 6.45) is 1.25. The molecule has 0 radical (unpaired) electrons. The summed E-state index contributed by atoms with van der Waals surface area (Å²) in [6.45, 7) is 6.19. The molecule has 0 aliphatic rings. The van der Waals surface area contributed by atoms with Crippen LogP contribution >= 0.6 is 0 Å². The zero-order valence-electron chi connectivity index (χ0n) is 13.6. The van der Waals surface area contributed by atoms with E-state index < -0.39 is 5.60 Å². The number of nitrogens with two attached hydrogens (primary N) is 1. The van der Waals surface area contributed by atoms with Gasteiger partial charge in [-0.1, -0.05) is 6.07 Å². The van der Waals surface area contributed by atoms with Gasteiger partial charge in [-0.05, 0) is 39.3 Å². The van der Waals surface area contributed by atoms with Crippen molar-refractivity contribution in [1.29, 1.82) is 0 Å². The van der Waals surface area contributed by atoms with Crippen LogP contribution < -0.4 is 5.73 Å². The number of benzene rings is 1. The van der Waals surface area contributed by atoms with Crippen LogP contribution in [0.4, 0.5) is 10.5 Å². The van der Waals surface area contributed by atoms with Crippen molar-refractivity contribution >= 4 is 22.8 Å². The molecule has 2 rings (SSSR count). The highest BCUT2D eigenvalue weighted by Gasteiger charge is 2.19. The van der Waals surface area contributed by atoms with Crippen molar-refractivity contribution in [2.45, 2.75) is 39.2 Å². The maximum absolute atomic E-state index is 11.9. The fourth-order valence-corrected chi connectivity index (χ4v) is 2.14. The van der Waals surface area contributed by atoms with Crippen molar-refractivity contribution < 1.29 is 9.53 Å². The van der Waals surface area contributed by atoms with E-state index >= 15 is 0 Å². The maximum atomic E-state index is 11.9. The van der Waals surface area contributed by atoms with E-state index in [-0.39, 0.29) is 6.09 Å². The number of nitrogen functional groups attached to an aromatic ring is 1. The molecule has 6 heteroatoms. The first-order valence-electron chi connectivity index (χ1n) is 7.43. The van der Waals surface area contributed by atoms with Gasteiger partial charge in [-0.25, -0.2) is 9.78 Å². The lowest BCUT2D eigenvalue weighted by Gasteiger charge is -2.24. The Morgan fingerprint density at radius 3 is 2.77 bits per heavy atom. The molecule has 22 heavy (non-hydrogen) atoms. The lowest BCUT2D eigenvalue weighted by molar-refractivity contribution is 0.0297. The van der Waals surface area contributed by atoms with Crippen LogP contribution in [0.15, 0.2) is 18.2 Å². The number of fused-ring (bicyclic) bond motifs is 1. The standard InChI is InChI=1S/C16H24N4O2/c1-16(2,3)22-15(21)20(4)10-6-9-13-18-12-8-5-7-11(17)14(12)19-13/h5,7-8H,6,9-10,17H2,1-4H3,(H,18,19). The second-order valence-corrected chi connectivity index (χ2v) is 6.43. The largest absolute Gasteiger partial charge is 0.444 e. The fraction of sp³-hybridized carbons (Fsp3) is 0.500. The number of ether oxygens (including phenoxy) is 1. The number of rotatable bonds is 4. The summed E-state index contributed by atoms with van der Waals surface area (Å²) in [7, 11) is 1.74. The molecule has 3 N–H and O–H groups in total. The van der Waals surface area contributed by atoms with Gasteiger partial charge in [0.1, 0.15) is 16.9 Å². The Labute approximate surface area is 130 Å². The van der Waals surface area contributed by atoms with Gasteiger partial charge < -0.3 is 20.4 Å². The van der Waals surface area contributed by atoms with Crippen LogP contribution in [0, 0.1) is 0 Å². The van der Waals surface area contributed by atoms with Crippen molar-refractivity contribution in [3.05, 3.63) is 24.0 Å². The van der Waals surface area contributed by atoms with E-state index in [4.69, 9.17) is 10.5 Å². The molecule has 2 aromatic rings. The smallest absolute Gasteiger partial charge is 0.410 e. The Kier molecular flexibility index (Phi) is 4.59. The van der Waals surface area contributed by atoms with E-state index in [0.717, 1.165) is 29.7 Å². The Hall–Kier alpha value is -2.24. The molecule has 0 aliphatic heterocycles. The van der Waals surface area contributed by atoms with Crippen molar-refractivity contribution in [3.63, 3.8) is 0 Å². The third-order valence-corrected chi connectivity index (χ3v) is 3.21. The predicted octanol–water partition coefficient (Wildman–Crippen LogP) is 2.94. The van der Waals surface area contributed by atoms with E-state index in [2.05, 4.69) is 9.97 Å². The highest BCUT2D eigenvalue weighted by molar-refractivity contribution is 5.86. The molecule has 120 valence electrons. The molecule has 1 aromatic carbocycles. The lowest BCUT2D eigenvalue weighted by atomic mass is 10.2.